The van der Waals surface area contributed by atoms with E-state index in [1.165, 1.54) is 24.3 Å². The molecule has 2 aromatic carbocycles. The number of halogens is 1. The number of ether oxygens (including phenoxy) is 1. The van der Waals surface area contributed by atoms with E-state index in [1.54, 1.807) is 24.3 Å². The number of amides is 4. The molecule has 6 nitrogen and oxygen atoms in total. The predicted molar refractivity (Wildman–Crippen MR) is 97.6 cm³/mol. The van der Waals surface area contributed by atoms with Gasteiger partial charge in [-0.15, -0.1) is 0 Å². The molecule has 0 radical (unpaired) electrons. The third kappa shape index (κ3) is 3.87. The normalized spacial score (nSPS) is 15.9. The van der Waals surface area contributed by atoms with E-state index in [-0.39, 0.29) is 11.3 Å². The number of benzene rings is 2. The minimum Gasteiger partial charge on any atom is -0.494 e. The molecule has 1 heterocycles. The van der Waals surface area contributed by atoms with Crippen LogP contribution in [-0.4, -0.2) is 24.5 Å². The highest BCUT2D eigenvalue weighted by molar-refractivity contribution is 6.39. The molecule has 0 atom stereocenters. The third-order valence-corrected chi connectivity index (χ3v) is 3.86. The van der Waals surface area contributed by atoms with Crippen molar-refractivity contribution in [3.63, 3.8) is 0 Å². The van der Waals surface area contributed by atoms with Crippen molar-refractivity contribution in [3.8, 4) is 5.75 Å². The molecule has 27 heavy (non-hydrogen) atoms. The molecular formula is C20H17FN2O4. The number of nitrogens with zero attached hydrogens (tertiary/aromatic N) is 1. The van der Waals surface area contributed by atoms with E-state index in [0.717, 1.165) is 12.5 Å². The van der Waals surface area contributed by atoms with Crippen molar-refractivity contribution in [1.29, 1.82) is 0 Å². The predicted octanol–water partition coefficient (Wildman–Crippen LogP) is 3.28. The molecule has 0 saturated carbocycles. The van der Waals surface area contributed by atoms with Crippen LogP contribution in [0.2, 0.25) is 0 Å². The number of imide groups is 2. The van der Waals surface area contributed by atoms with E-state index in [1.807, 2.05) is 6.92 Å². The summed E-state index contributed by atoms with van der Waals surface area (Å²) < 4.78 is 19.5. The van der Waals surface area contributed by atoms with Gasteiger partial charge in [-0.1, -0.05) is 31.2 Å². The maximum atomic E-state index is 14.0. The van der Waals surface area contributed by atoms with Crippen LogP contribution >= 0.6 is 0 Å². The Labute approximate surface area is 155 Å². The molecular weight excluding hydrogens is 351 g/mol. The zero-order valence-electron chi connectivity index (χ0n) is 14.6. The molecule has 0 aromatic heterocycles. The monoisotopic (exact) mass is 368 g/mol. The Bertz CT molecular complexity index is 922. The van der Waals surface area contributed by atoms with Crippen LogP contribution in [0.4, 0.5) is 14.9 Å². The minimum absolute atomic E-state index is 0.221. The molecule has 1 aliphatic rings. The van der Waals surface area contributed by atoms with Crippen LogP contribution < -0.4 is 15.0 Å². The van der Waals surface area contributed by atoms with Crippen LogP contribution in [0, 0.1) is 5.82 Å². The van der Waals surface area contributed by atoms with Crippen molar-refractivity contribution >= 4 is 29.6 Å². The summed E-state index contributed by atoms with van der Waals surface area (Å²) in [5.41, 5.74) is 0.0852. The molecule has 3 rings (SSSR count). The standard InChI is InChI=1S/C20H17FN2O4/c1-2-11-27-14-9-7-13(8-10-14)12-15-18(24)22-20(26)23(19(15)25)17-6-4-3-5-16(17)21/h3-10,12H,2,11H2,1H3,(H,22,24,26)/b15-12-. The lowest BCUT2D eigenvalue weighted by Gasteiger charge is -2.26. The Balaban J connectivity index is 1.91. The molecule has 4 amide bonds. The summed E-state index contributed by atoms with van der Waals surface area (Å²) in [5.74, 6) is -1.79. The van der Waals surface area contributed by atoms with Gasteiger partial charge in [0.15, 0.2) is 0 Å². The number of rotatable bonds is 5. The molecule has 138 valence electrons. The van der Waals surface area contributed by atoms with Crippen LogP contribution in [0.15, 0.2) is 54.1 Å². The molecule has 7 heteroatoms. The van der Waals surface area contributed by atoms with Crippen molar-refractivity contribution in [2.24, 2.45) is 0 Å². The number of carbonyl (C=O) groups excluding carboxylic acids is 3. The zero-order chi connectivity index (χ0) is 19.4. The first kappa shape index (κ1) is 18.3. The highest BCUT2D eigenvalue weighted by atomic mass is 19.1. The van der Waals surface area contributed by atoms with Crippen molar-refractivity contribution in [1.82, 2.24) is 5.32 Å². The summed E-state index contributed by atoms with van der Waals surface area (Å²) in [5, 5.41) is 2.06. The summed E-state index contributed by atoms with van der Waals surface area (Å²) in [4.78, 5) is 37.5. The van der Waals surface area contributed by atoms with E-state index < -0.39 is 23.7 Å². The SMILES string of the molecule is CCCOc1ccc(/C=C2/C(=O)NC(=O)N(c3ccccc3F)C2=O)cc1. The molecule has 2 aromatic rings. The summed E-state index contributed by atoms with van der Waals surface area (Å²) in [6.07, 6.45) is 2.22. The van der Waals surface area contributed by atoms with Crippen molar-refractivity contribution in [3.05, 3.63) is 65.5 Å². The van der Waals surface area contributed by atoms with Crippen LogP contribution in [0.5, 0.6) is 5.75 Å². The lowest BCUT2D eigenvalue weighted by molar-refractivity contribution is -0.122. The molecule has 1 aliphatic heterocycles. The first-order valence-corrected chi connectivity index (χ1v) is 8.40. The fraction of sp³-hybridized carbons (Fsp3) is 0.150. The average Bonchev–Trinajstić information content (AvgIpc) is 2.66. The zero-order valence-corrected chi connectivity index (χ0v) is 14.6. The lowest BCUT2D eigenvalue weighted by atomic mass is 10.1. The van der Waals surface area contributed by atoms with Gasteiger partial charge in [0, 0.05) is 0 Å². The van der Waals surface area contributed by atoms with Gasteiger partial charge < -0.3 is 4.74 Å². The van der Waals surface area contributed by atoms with Gasteiger partial charge in [-0.05, 0) is 42.3 Å². The number of hydrogen-bond acceptors (Lipinski definition) is 4. The number of hydrogen-bond donors (Lipinski definition) is 1. The number of anilines is 1. The quantitative estimate of drug-likeness (QED) is 0.649. The van der Waals surface area contributed by atoms with E-state index in [0.29, 0.717) is 22.8 Å². The third-order valence-electron chi connectivity index (χ3n) is 3.86. The average molecular weight is 368 g/mol. The number of barbiturate groups is 1. The van der Waals surface area contributed by atoms with Crippen LogP contribution in [0.1, 0.15) is 18.9 Å². The Morgan fingerprint density at radius 3 is 2.44 bits per heavy atom. The molecule has 0 bridgehead atoms. The summed E-state index contributed by atoms with van der Waals surface area (Å²) >= 11 is 0. The van der Waals surface area contributed by atoms with Crippen molar-refractivity contribution in [2.75, 3.05) is 11.5 Å². The fourth-order valence-corrected chi connectivity index (χ4v) is 2.56. The number of para-hydroxylation sites is 1. The number of carbonyl (C=O) groups is 3. The fourth-order valence-electron chi connectivity index (χ4n) is 2.56. The van der Waals surface area contributed by atoms with Crippen LogP contribution in [0.25, 0.3) is 6.08 Å². The Morgan fingerprint density at radius 2 is 1.78 bits per heavy atom. The van der Waals surface area contributed by atoms with Crippen LogP contribution in [-0.2, 0) is 9.59 Å². The van der Waals surface area contributed by atoms with Gasteiger partial charge in [0.05, 0.1) is 12.3 Å². The van der Waals surface area contributed by atoms with E-state index in [4.69, 9.17) is 4.74 Å². The van der Waals surface area contributed by atoms with Gasteiger partial charge >= 0.3 is 6.03 Å². The first-order valence-electron chi connectivity index (χ1n) is 8.40. The molecule has 1 N–H and O–H groups in total. The maximum absolute atomic E-state index is 14.0. The van der Waals surface area contributed by atoms with Gasteiger partial charge in [0.2, 0.25) is 0 Å². The van der Waals surface area contributed by atoms with Gasteiger partial charge in [-0.3, -0.25) is 14.9 Å². The maximum Gasteiger partial charge on any atom is 0.336 e. The van der Waals surface area contributed by atoms with Gasteiger partial charge in [-0.2, -0.15) is 0 Å². The van der Waals surface area contributed by atoms with Gasteiger partial charge in [0.1, 0.15) is 17.1 Å². The first-order chi connectivity index (χ1) is 13.0. The summed E-state index contributed by atoms with van der Waals surface area (Å²) in [7, 11) is 0. The minimum atomic E-state index is -0.990. The molecule has 0 spiro atoms. The Kier molecular flexibility index (Phi) is 5.30. The topological polar surface area (TPSA) is 75.7 Å². The summed E-state index contributed by atoms with van der Waals surface area (Å²) in [6.45, 7) is 2.58. The highest BCUT2D eigenvalue weighted by Crippen LogP contribution is 2.24. The second kappa shape index (κ2) is 7.82. The van der Waals surface area contributed by atoms with E-state index >= 15 is 0 Å². The van der Waals surface area contributed by atoms with Crippen molar-refractivity contribution < 1.29 is 23.5 Å². The van der Waals surface area contributed by atoms with Gasteiger partial charge in [-0.25, -0.2) is 14.1 Å². The molecule has 1 saturated heterocycles. The smallest absolute Gasteiger partial charge is 0.336 e. The van der Waals surface area contributed by atoms with Crippen LogP contribution in [0.3, 0.4) is 0 Å². The summed E-state index contributed by atoms with van der Waals surface area (Å²) in [6, 6.07) is 11.2. The van der Waals surface area contributed by atoms with Crippen molar-refractivity contribution in [2.45, 2.75) is 13.3 Å². The van der Waals surface area contributed by atoms with E-state index in [2.05, 4.69) is 5.32 Å². The Morgan fingerprint density at radius 1 is 1.07 bits per heavy atom. The largest absolute Gasteiger partial charge is 0.494 e. The molecule has 0 unspecified atom stereocenters. The number of urea groups is 1. The number of nitrogens with one attached hydrogen (secondary N) is 1. The molecule has 0 aliphatic carbocycles. The second-order valence-electron chi connectivity index (χ2n) is 5.83. The lowest BCUT2D eigenvalue weighted by Crippen LogP contribution is -2.54. The van der Waals surface area contributed by atoms with Gasteiger partial charge in [0.25, 0.3) is 11.8 Å². The highest BCUT2D eigenvalue weighted by Gasteiger charge is 2.37. The second-order valence-corrected chi connectivity index (χ2v) is 5.83. The molecule has 1 fully saturated rings. The van der Waals surface area contributed by atoms with E-state index in [9.17, 15) is 18.8 Å². The Hall–Kier alpha value is -3.48.